The number of rotatable bonds is 42. The summed E-state index contributed by atoms with van der Waals surface area (Å²) in [7, 11) is 0. The molecule has 0 atom stereocenters. The second kappa shape index (κ2) is 42.0. The van der Waals surface area contributed by atoms with Gasteiger partial charge in [0.25, 0.3) is 0 Å². The van der Waals surface area contributed by atoms with Gasteiger partial charge in [-0.25, -0.2) is 4.79 Å². The molecule has 0 saturated heterocycles. The molecule has 0 N–H and O–H groups in total. The predicted octanol–water partition coefficient (Wildman–Crippen LogP) is 6.35. The van der Waals surface area contributed by atoms with Crippen LogP contribution in [0.5, 0.6) is 0 Å². The number of unbranched alkanes of at least 4 members (excludes halogenated alkanes) is 12. The van der Waals surface area contributed by atoms with Gasteiger partial charge in [0.15, 0.2) is 0 Å². The molecule has 0 amide bonds. The van der Waals surface area contributed by atoms with Crippen LogP contribution < -0.4 is 0 Å². The monoisotopic (exact) mass is 693 g/mol. The van der Waals surface area contributed by atoms with Crippen molar-refractivity contribution in [2.45, 2.75) is 97.3 Å². The molecule has 0 aromatic carbocycles. The molecule has 0 aromatic heterocycles. The van der Waals surface area contributed by atoms with Gasteiger partial charge in [0.1, 0.15) is 6.61 Å². The number of ether oxygens (including phenoxy) is 10. The summed E-state index contributed by atoms with van der Waals surface area (Å²) in [5.41, 5.74) is 0.375. The van der Waals surface area contributed by atoms with Gasteiger partial charge in [-0.3, -0.25) is 0 Å². The lowest BCUT2D eigenvalue weighted by Gasteiger charge is -2.09. The third kappa shape index (κ3) is 41.0. The lowest BCUT2D eigenvalue weighted by molar-refractivity contribution is -0.140. The van der Waals surface area contributed by atoms with E-state index in [1.54, 1.807) is 6.92 Å². The maximum Gasteiger partial charge on any atom is 0.333 e. The Morgan fingerprint density at radius 1 is 0.354 bits per heavy atom. The molecule has 48 heavy (non-hydrogen) atoms. The van der Waals surface area contributed by atoms with Crippen molar-refractivity contribution in [3.8, 4) is 0 Å². The van der Waals surface area contributed by atoms with Gasteiger partial charge in [-0.15, -0.1) is 0 Å². The van der Waals surface area contributed by atoms with E-state index in [1.165, 1.54) is 77.0 Å². The number of esters is 1. The zero-order valence-corrected chi connectivity index (χ0v) is 30.8. The van der Waals surface area contributed by atoms with E-state index in [-0.39, 0.29) is 6.61 Å². The van der Waals surface area contributed by atoms with Crippen LogP contribution in [0.15, 0.2) is 12.2 Å². The Morgan fingerprint density at radius 2 is 0.583 bits per heavy atom. The lowest BCUT2D eigenvalue weighted by atomic mass is 10.0. The van der Waals surface area contributed by atoms with Gasteiger partial charge in [0.2, 0.25) is 0 Å². The Hall–Kier alpha value is -1.15. The van der Waals surface area contributed by atoms with Crippen LogP contribution in [0.1, 0.15) is 97.3 Å². The number of carbonyl (C=O) groups excluding carboxylic acids is 1. The van der Waals surface area contributed by atoms with Crippen molar-refractivity contribution in [1.29, 1.82) is 0 Å². The molecule has 0 spiro atoms. The van der Waals surface area contributed by atoms with Crippen molar-refractivity contribution in [2.75, 3.05) is 126 Å². The molecule has 0 rings (SSSR count). The minimum atomic E-state index is -0.407. The first-order chi connectivity index (χ1) is 23.7. The fourth-order valence-corrected chi connectivity index (χ4v) is 4.40. The van der Waals surface area contributed by atoms with Crippen molar-refractivity contribution in [1.82, 2.24) is 0 Å². The van der Waals surface area contributed by atoms with Crippen LogP contribution in [0.4, 0.5) is 0 Å². The highest BCUT2D eigenvalue weighted by Crippen LogP contribution is 2.12. The Kier molecular flexibility index (Phi) is 41.0. The molecule has 286 valence electrons. The van der Waals surface area contributed by atoms with Crippen molar-refractivity contribution in [3.05, 3.63) is 12.2 Å². The standard InChI is InChI=1S/C37H72O11/c1-4-5-6-7-8-9-10-11-12-13-14-15-16-17-39-18-19-40-20-21-41-22-23-42-24-25-43-26-27-44-28-29-45-30-31-46-32-33-47-34-35-48-37(38)36(2)3/h2,4-35H2,1,3H3. The zero-order valence-electron chi connectivity index (χ0n) is 30.8. The van der Waals surface area contributed by atoms with E-state index in [0.29, 0.717) is 118 Å². The van der Waals surface area contributed by atoms with E-state index in [4.69, 9.17) is 47.4 Å². The minimum Gasteiger partial charge on any atom is -0.460 e. The van der Waals surface area contributed by atoms with E-state index in [9.17, 15) is 4.79 Å². The number of hydrogen-bond donors (Lipinski definition) is 0. The van der Waals surface area contributed by atoms with Gasteiger partial charge >= 0.3 is 5.97 Å². The fraction of sp³-hybridized carbons (Fsp3) is 0.919. The molecular formula is C37H72O11. The average molecular weight is 693 g/mol. The van der Waals surface area contributed by atoms with Crippen molar-refractivity contribution in [2.24, 2.45) is 0 Å². The predicted molar refractivity (Wildman–Crippen MR) is 189 cm³/mol. The summed E-state index contributed by atoms with van der Waals surface area (Å²) in [6.07, 6.45) is 17.8. The van der Waals surface area contributed by atoms with Crippen molar-refractivity contribution in [3.63, 3.8) is 0 Å². The molecule has 0 bridgehead atoms. The van der Waals surface area contributed by atoms with Crippen LogP contribution in [0, 0.1) is 0 Å². The Morgan fingerprint density at radius 3 is 0.854 bits per heavy atom. The highest BCUT2D eigenvalue weighted by Gasteiger charge is 2.02. The average Bonchev–Trinajstić information content (AvgIpc) is 3.08. The molecule has 0 saturated carbocycles. The summed E-state index contributed by atoms with van der Waals surface area (Å²) in [5.74, 6) is -0.407. The summed E-state index contributed by atoms with van der Waals surface area (Å²) in [6.45, 7) is 17.1. The van der Waals surface area contributed by atoms with E-state index in [0.717, 1.165) is 13.0 Å². The largest absolute Gasteiger partial charge is 0.460 e. The first kappa shape index (κ1) is 46.9. The van der Waals surface area contributed by atoms with Crippen LogP contribution in [0.3, 0.4) is 0 Å². The second-order valence-electron chi connectivity index (χ2n) is 11.7. The quantitative estimate of drug-likeness (QED) is 0.0406. The summed E-state index contributed by atoms with van der Waals surface area (Å²) in [6, 6.07) is 0. The molecule has 0 heterocycles. The Labute approximate surface area is 292 Å². The number of carbonyl (C=O) groups is 1. The highest BCUT2D eigenvalue weighted by atomic mass is 16.6. The third-order valence-corrected chi connectivity index (χ3v) is 7.18. The fourth-order valence-electron chi connectivity index (χ4n) is 4.40. The molecule has 11 nitrogen and oxygen atoms in total. The molecule has 0 aliphatic carbocycles. The molecule has 0 fully saturated rings. The first-order valence-corrected chi connectivity index (χ1v) is 18.7. The van der Waals surface area contributed by atoms with Gasteiger partial charge in [-0.1, -0.05) is 90.6 Å². The molecule has 0 unspecified atom stereocenters. The van der Waals surface area contributed by atoms with Gasteiger partial charge in [-0.05, 0) is 13.3 Å². The minimum absolute atomic E-state index is 0.205. The van der Waals surface area contributed by atoms with Crippen LogP contribution in [-0.4, -0.2) is 132 Å². The molecule has 0 aliphatic heterocycles. The van der Waals surface area contributed by atoms with Crippen molar-refractivity contribution < 1.29 is 52.2 Å². The van der Waals surface area contributed by atoms with E-state index in [1.807, 2.05) is 0 Å². The summed E-state index contributed by atoms with van der Waals surface area (Å²) >= 11 is 0. The SMILES string of the molecule is C=C(C)C(=O)OCCOCCOCCOCCOCCOCCOCCOCCOCCOCCCCCCCCCCCCCCC. The van der Waals surface area contributed by atoms with Gasteiger partial charge < -0.3 is 47.4 Å². The smallest absolute Gasteiger partial charge is 0.333 e. The zero-order chi connectivity index (χ0) is 34.9. The van der Waals surface area contributed by atoms with Crippen LogP contribution >= 0.6 is 0 Å². The summed E-state index contributed by atoms with van der Waals surface area (Å²) in [4.78, 5) is 11.2. The van der Waals surface area contributed by atoms with Crippen LogP contribution in [0.2, 0.25) is 0 Å². The van der Waals surface area contributed by atoms with Crippen LogP contribution in [-0.2, 0) is 52.2 Å². The first-order valence-electron chi connectivity index (χ1n) is 18.7. The Balaban J connectivity index is 3.07. The second-order valence-corrected chi connectivity index (χ2v) is 11.7. The Bertz CT molecular complexity index is 651. The highest BCUT2D eigenvalue weighted by molar-refractivity contribution is 5.86. The molecular weight excluding hydrogens is 620 g/mol. The van der Waals surface area contributed by atoms with Crippen molar-refractivity contribution >= 4 is 5.97 Å². The third-order valence-electron chi connectivity index (χ3n) is 7.18. The normalized spacial score (nSPS) is 11.4. The molecule has 0 radical (unpaired) electrons. The number of hydrogen-bond acceptors (Lipinski definition) is 11. The van der Waals surface area contributed by atoms with Gasteiger partial charge in [0.05, 0.1) is 112 Å². The topological polar surface area (TPSA) is 109 Å². The lowest BCUT2D eigenvalue weighted by Crippen LogP contribution is -2.15. The summed E-state index contributed by atoms with van der Waals surface area (Å²) < 4.78 is 54.3. The maximum absolute atomic E-state index is 11.2. The molecule has 0 aromatic rings. The molecule has 11 heteroatoms. The molecule has 0 aliphatic rings. The maximum atomic E-state index is 11.2. The van der Waals surface area contributed by atoms with Crippen LogP contribution in [0.25, 0.3) is 0 Å². The van der Waals surface area contributed by atoms with Gasteiger partial charge in [-0.2, -0.15) is 0 Å². The van der Waals surface area contributed by atoms with E-state index >= 15 is 0 Å². The van der Waals surface area contributed by atoms with E-state index < -0.39 is 5.97 Å². The summed E-state index contributed by atoms with van der Waals surface area (Å²) in [5, 5.41) is 0. The van der Waals surface area contributed by atoms with Gasteiger partial charge in [0, 0.05) is 12.2 Å². The van der Waals surface area contributed by atoms with E-state index in [2.05, 4.69) is 13.5 Å².